The van der Waals surface area contributed by atoms with Gasteiger partial charge in [-0.15, -0.1) is 0 Å². The van der Waals surface area contributed by atoms with Crippen LogP contribution in [-0.2, 0) is 4.79 Å². The molecule has 2 rings (SSSR count). The number of nitrogens with zero attached hydrogens (tertiary/aromatic N) is 2. The number of hydrogen-bond acceptors (Lipinski definition) is 4. The monoisotopic (exact) mass is 241 g/mol. The molecule has 0 aromatic rings. The second-order valence-corrected chi connectivity index (χ2v) is 5.02. The predicted molar refractivity (Wildman–Crippen MR) is 65.7 cm³/mol. The number of amides is 1. The van der Waals surface area contributed by atoms with E-state index in [9.17, 15) is 9.90 Å². The Bertz CT molecular complexity index is 252. The number of aliphatic hydroxyl groups excluding tert-OH is 1. The van der Waals surface area contributed by atoms with Crippen LogP contribution < -0.4 is 5.32 Å². The fourth-order valence-corrected chi connectivity index (χ4v) is 2.53. The quantitative estimate of drug-likeness (QED) is 0.669. The lowest BCUT2D eigenvalue weighted by molar-refractivity contribution is -0.135. The summed E-state index contributed by atoms with van der Waals surface area (Å²) in [5, 5.41) is 12.9. The van der Waals surface area contributed by atoms with Crippen LogP contribution >= 0.6 is 0 Å². The maximum Gasteiger partial charge on any atom is 0.236 e. The summed E-state index contributed by atoms with van der Waals surface area (Å²) >= 11 is 0. The molecule has 5 heteroatoms. The van der Waals surface area contributed by atoms with Gasteiger partial charge in [-0.2, -0.15) is 0 Å². The van der Waals surface area contributed by atoms with Gasteiger partial charge in [-0.1, -0.05) is 0 Å². The smallest absolute Gasteiger partial charge is 0.236 e. The molecule has 98 valence electrons. The second-order valence-electron chi connectivity index (χ2n) is 5.02. The Morgan fingerprint density at radius 2 is 2.12 bits per heavy atom. The fourth-order valence-electron chi connectivity index (χ4n) is 2.53. The summed E-state index contributed by atoms with van der Waals surface area (Å²) in [7, 11) is 0. The van der Waals surface area contributed by atoms with Gasteiger partial charge < -0.3 is 15.3 Å². The highest BCUT2D eigenvalue weighted by molar-refractivity contribution is 5.78. The van der Waals surface area contributed by atoms with E-state index < -0.39 is 0 Å². The van der Waals surface area contributed by atoms with Gasteiger partial charge in [-0.25, -0.2) is 0 Å². The van der Waals surface area contributed by atoms with Crippen LogP contribution in [0.5, 0.6) is 0 Å². The number of carbonyl (C=O) groups excluding carboxylic acids is 1. The summed E-state index contributed by atoms with van der Waals surface area (Å²) < 4.78 is 0. The highest BCUT2D eigenvalue weighted by Gasteiger charge is 2.23. The average molecular weight is 241 g/mol. The van der Waals surface area contributed by atoms with Gasteiger partial charge in [0.1, 0.15) is 0 Å². The van der Waals surface area contributed by atoms with Crippen molar-refractivity contribution in [1.82, 2.24) is 15.1 Å². The van der Waals surface area contributed by atoms with E-state index in [-0.39, 0.29) is 12.0 Å². The Morgan fingerprint density at radius 1 is 1.24 bits per heavy atom. The van der Waals surface area contributed by atoms with Crippen molar-refractivity contribution in [2.45, 2.75) is 25.4 Å². The molecule has 2 N–H and O–H groups in total. The van der Waals surface area contributed by atoms with E-state index in [0.29, 0.717) is 13.1 Å². The van der Waals surface area contributed by atoms with E-state index in [4.69, 9.17) is 0 Å². The fraction of sp³-hybridized carbons (Fsp3) is 0.917. The van der Waals surface area contributed by atoms with E-state index in [1.54, 1.807) is 0 Å². The molecular weight excluding hydrogens is 218 g/mol. The lowest BCUT2D eigenvalue weighted by atomic mass is 10.1. The van der Waals surface area contributed by atoms with Gasteiger partial charge in [0.2, 0.25) is 5.91 Å². The number of rotatable bonds is 2. The first-order valence-electron chi connectivity index (χ1n) is 6.64. The summed E-state index contributed by atoms with van der Waals surface area (Å²) in [5.41, 5.74) is 0. The van der Waals surface area contributed by atoms with E-state index in [2.05, 4.69) is 10.2 Å². The summed E-state index contributed by atoms with van der Waals surface area (Å²) in [4.78, 5) is 16.1. The van der Waals surface area contributed by atoms with Crippen molar-refractivity contribution in [1.29, 1.82) is 0 Å². The van der Waals surface area contributed by atoms with Crippen molar-refractivity contribution in [3.05, 3.63) is 0 Å². The van der Waals surface area contributed by atoms with Gasteiger partial charge in [0.15, 0.2) is 0 Å². The SMILES string of the molecule is O=C(CN1CCCNCC1)N1CCCC(O)C1. The van der Waals surface area contributed by atoms with E-state index in [0.717, 1.165) is 52.0 Å². The third-order valence-corrected chi connectivity index (χ3v) is 3.54. The number of piperidine rings is 1. The molecule has 2 fully saturated rings. The molecule has 1 unspecified atom stereocenters. The Morgan fingerprint density at radius 3 is 2.94 bits per heavy atom. The van der Waals surface area contributed by atoms with Gasteiger partial charge in [0.05, 0.1) is 12.6 Å². The minimum Gasteiger partial charge on any atom is -0.391 e. The molecule has 0 spiro atoms. The van der Waals surface area contributed by atoms with Crippen LogP contribution in [0.25, 0.3) is 0 Å². The normalized spacial score (nSPS) is 27.8. The Balaban J connectivity index is 1.78. The summed E-state index contributed by atoms with van der Waals surface area (Å²) in [6.45, 7) is 5.79. The van der Waals surface area contributed by atoms with Gasteiger partial charge in [-0.05, 0) is 32.4 Å². The molecule has 2 saturated heterocycles. The predicted octanol–water partition coefficient (Wildman–Crippen LogP) is -0.735. The third-order valence-electron chi connectivity index (χ3n) is 3.54. The van der Waals surface area contributed by atoms with Crippen molar-refractivity contribution in [2.24, 2.45) is 0 Å². The molecule has 0 aromatic heterocycles. The number of β-amino-alcohol motifs (C(OH)–C–C–N with tert-alkyl or cyclic N) is 1. The average Bonchev–Trinajstić information content (AvgIpc) is 2.57. The molecule has 0 aromatic carbocycles. The van der Waals surface area contributed by atoms with E-state index >= 15 is 0 Å². The Labute approximate surface area is 103 Å². The highest BCUT2D eigenvalue weighted by Crippen LogP contribution is 2.10. The van der Waals surface area contributed by atoms with Gasteiger partial charge in [-0.3, -0.25) is 9.69 Å². The van der Waals surface area contributed by atoms with Crippen LogP contribution in [-0.4, -0.2) is 72.7 Å². The van der Waals surface area contributed by atoms with Crippen LogP contribution in [0.3, 0.4) is 0 Å². The van der Waals surface area contributed by atoms with Gasteiger partial charge >= 0.3 is 0 Å². The molecule has 2 aliphatic heterocycles. The maximum atomic E-state index is 12.1. The standard InChI is InChI=1S/C12H23N3O2/c16-11-3-1-7-15(9-11)12(17)10-14-6-2-4-13-5-8-14/h11,13,16H,1-10H2. The zero-order chi connectivity index (χ0) is 12.1. The van der Waals surface area contributed by atoms with Crippen LogP contribution in [0, 0.1) is 0 Å². The van der Waals surface area contributed by atoms with Gasteiger partial charge in [0, 0.05) is 26.2 Å². The maximum absolute atomic E-state index is 12.1. The van der Waals surface area contributed by atoms with Crippen LogP contribution in [0.1, 0.15) is 19.3 Å². The molecular formula is C12H23N3O2. The molecule has 2 heterocycles. The molecule has 2 aliphatic rings. The van der Waals surface area contributed by atoms with Crippen LogP contribution in [0.15, 0.2) is 0 Å². The van der Waals surface area contributed by atoms with Crippen molar-refractivity contribution < 1.29 is 9.90 Å². The second kappa shape index (κ2) is 6.33. The summed E-state index contributed by atoms with van der Waals surface area (Å²) in [5.74, 6) is 0.172. The van der Waals surface area contributed by atoms with Crippen molar-refractivity contribution in [3.63, 3.8) is 0 Å². The Kier molecular flexibility index (Phi) is 4.76. The first-order chi connectivity index (χ1) is 8.25. The summed E-state index contributed by atoms with van der Waals surface area (Å²) in [6, 6.07) is 0. The van der Waals surface area contributed by atoms with E-state index in [1.165, 1.54) is 0 Å². The minimum atomic E-state index is -0.321. The van der Waals surface area contributed by atoms with Crippen LogP contribution in [0.2, 0.25) is 0 Å². The molecule has 17 heavy (non-hydrogen) atoms. The molecule has 0 radical (unpaired) electrons. The van der Waals surface area contributed by atoms with Crippen molar-refractivity contribution >= 4 is 5.91 Å². The first kappa shape index (κ1) is 12.8. The zero-order valence-electron chi connectivity index (χ0n) is 10.4. The molecule has 5 nitrogen and oxygen atoms in total. The Hall–Kier alpha value is -0.650. The van der Waals surface area contributed by atoms with Gasteiger partial charge in [0.25, 0.3) is 0 Å². The molecule has 0 saturated carbocycles. The van der Waals surface area contributed by atoms with Crippen molar-refractivity contribution in [3.8, 4) is 0 Å². The summed E-state index contributed by atoms with van der Waals surface area (Å²) in [6.07, 6.45) is 2.54. The lowest BCUT2D eigenvalue weighted by Gasteiger charge is -2.32. The number of hydrogen-bond donors (Lipinski definition) is 2. The van der Waals surface area contributed by atoms with Crippen LogP contribution in [0.4, 0.5) is 0 Å². The molecule has 1 atom stereocenters. The number of carbonyl (C=O) groups is 1. The third kappa shape index (κ3) is 3.94. The molecule has 0 bridgehead atoms. The van der Waals surface area contributed by atoms with E-state index in [1.807, 2.05) is 4.90 Å². The number of nitrogens with one attached hydrogen (secondary N) is 1. The largest absolute Gasteiger partial charge is 0.391 e. The zero-order valence-corrected chi connectivity index (χ0v) is 10.4. The molecule has 0 aliphatic carbocycles. The number of aliphatic hydroxyl groups is 1. The topological polar surface area (TPSA) is 55.8 Å². The van der Waals surface area contributed by atoms with Crippen molar-refractivity contribution in [2.75, 3.05) is 45.8 Å². The lowest BCUT2D eigenvalue weighted by Crippen LogP contribution is -2.47. The first-order valence-corrected chi connectivity index (χ1v) is 6.64. The minimum absolute atomic E-state index is 0.172. The highest BCUT2D eigenvalue weighted by atomic mass is 16.3. The number of likely N-dealkylation sites (tertiary alicyclic amines) is 1. The molecule has 1 amide bonds.